The number of aliphatic imine (C=N–C) groups is 1. The van der Waals surface area contributed by atoms with Gasteiger partial charge in [0.25, 0.3) is 0 Å². The molecule has 2 heterocycles. The molecular formula is C27H39NO9. The van der Waals surface area contributed by atoms with Crippen molar-refractivity contribution >= 4 is 29.2 Å². The number of ketones is 2. The number of hydrogen-bond acceptors (Lipinski definition) is 8. The normalized spacial score (nSPS) is 31.7. The molecule has 0 aromatic rings. The number of Topliss-reactive ketones (excluding diaryl/α,β-unsaturated/α-hetero) is 2. The molecular weight excluding hydrogens is 482 g/mol. The number of allylic oxidation sites excluding steroid dienone is 2. The zero-order chi connectivity index (χ0) is 27.2. The van der Waals surface area contributed by atoms with Crippen LogP contribution in [-0.4, -0.2) is 73.7 Å². The molecule has 10 nitrogen and oxygen atoms in total. The van der Waals surface area contributed by atoms with E-state index in [4.69, 9.17) is 9.84 Å². The Bertz CT molecular complexity index is 944. The van der Waals surface area contributed by atoms with E-state index in [0.29, 0.717) is 25.0 Å². The summed E-state index contributed by atoms with van der Waals surface area (Å²) in [5.41, 5.74) is -0.401. The van der Waals surface area contributed by atoms with E-state index in [-0.39, 0.29) is 44.4 Å². The lowest BCUT2D eigenvalue weighted by Gasteiger charge is -2.54. The van der Waals surface area contributed by atoms with Crippen molar-refractivity contribution < 1.29 is 44.3 Å². The average Bonchev–Trinajstić information content (AvgIpc) is 3.18. The molecule has 3 rings (SSSR count). The number of carboxylic acids is 2. The van der Waals surface area contributed by atoms with Crippen molar-refractivity contribution in [1.29, 1.82) is 0 Å². The molecule has 0 aromatic carbocycles. The minimum atomic E-state index is -2.11. The van der Waals surface area contributed by atoms with Crippen LogP contribution in [0.5, 0.6) is 0 Å². The number of aliphatic carboxylic acids is 2. The van der Waals surface area contributed by atoms with Gasteiger partial charge in [-0.2, -0.15) is 0 Å². The minimum Gasteiger partial charge on any atom is -0.481 e. The van der Waals surface area contributed by atoms with Crippen LogP contribution in [-0.2, 0) is 23.9 Å². The highest BCUT2D eigenvalue weighted by Gasteiger charge is 2.65. The third-order valence-corrected chi connectivity index (χ3v) is 7.99. The summed E-state index contributed by atoms with van der Waals surface area (Å²) in [5.74, 6) is -5.43. The number of ether oxygens (including phenoxy) is 1. The number of fused-ring (bicyclic) bond motifs is 1. The number of rotatable bonds is 15. The molecule has 3 aliphatic rings. The Morgan fingerprint density at radius 1 is 1.14 bits per heavy atom. The summed E-state index contributed by atoms with van der Waals surface area (Å²) in [6.07, 6.45) is 6.71. The first kappa shape index (κ1) is 29.1. The Morgan fingerprint density at radius 3 is 2.51 bits per heavy atom. The van der Waals surface area contributed by atoms with Crippen LogP contribution in [0.25, 0.3) is 0 Å². The zero-order valence-electron chi connectivity index (χ0n) is 21.4. The highest BCUT2D eigenvalue weighted by Crippen LogP contribution is 2.57. The Balaban J connectivity index is 1.70. The van der Waals surface area contributed by atoms with Crippen molar-refractivity contribution in [1.82, 2.24) is 0 Å². The number of nitrogens with zero attached hydrogens (tertiary/aromatic N) is 1. The highest BCUT2D eigenvalue weighted by molar-refractivity contribution is 6.12. The molecule has 206 valence electrons. The first-order valence-electron chi connectivity index (χ1n) is 13.3. The third kappa shape index (κ3) is 6.72. The van der Waals surface area contributed by atoms with E-state index in [1.807, 2.05) is 19.1 Å². The van der Waals surface area contributed by atoms with Gasteiger partial charge >= 0.3 is 11.9 Å². The van der Waals surface area contributed by atoms with Crippen molar-refractivity contribution in [3.8, 4) is 0 Å². The van der Waals surface area contributed by atoms with Crippen LogP contribution >= 0.6 is 0 Å². The number of aliphatic hydroxyl groups is 2. The van der Waals surface area contributed by atoms with Gasteiger partial charge in [-0.3, -0.25) is 19.4 Å². The van der Waals surface area contributed by atoms with E-state index >= 15 is 0 Å². The van der Waals surface area contributed by atoms with Crippen LogP contribution in [0.3, 0.4) is 0 Å². The summed E-state index contributed by atoms with van der Waals surface area (Å²) in [6.45, 7) is 1.98. The first-order chi connectivity index (χ1) is 17.5. The SMILES string of the molecule is CCC=CC[C@H]1[C@H](CC(=O)[C@@H](O)CCCCCCCC(=O)O)O[C@@]2(O)CC13C[C@@H](C(=O)O)N=C3CC2=O. The van der Waals surface area contributed by atoms with E-state index in [2.05, 4.69) is 4.99 Å². The Morgan fingerprint density at radius 2 is 1.84 bits per heavy atom. The van der Waals surface area contributed by atoms with E-state index in [1.54, 1.807) is 0 Å². The maximum Gasteiger partial charge on any atom is 0.328 e. The van der Waals surface area contributed by atoms with E-state index in [1.165, 1.54) is 0 Å². The van der Waals surface area contributed by atoms with Crippen LogP contribution in [0, 0.1) is 11.3 Å². The van der Waals surface area contributed by atoms with Gasteiger partial charge in [-0.05, 0) is 32.1 Å². The molecule has 2 bridgehead atoms. The molecule has 10 heteroatoms. The largest absolute Gasteiger partial charge is 0.481 e. The summed E-state index contributed by atoms with van der Waals surface area (Å²) >= 11 is 0. The van der Waals surface area contributed by atoms with Crippen molar-refractivity contribution in [2.24, 2.45) is 16.3 Å². The predicted molar refractivity (Wildman–Crippen MR) is 133 cm³/mol. The molecule has 2 fully saturated rings. The fourth-order valence-corrected chi connectivity index (χ4v) is 6.08. The van der Waals surface area contributed by atoms with Gasteiger partial charge in [0.2, 0.25) is 5.79 Å². The molecule has 0 aromatic heterocycles. The maximum absolute atomic E-state index is 13.0. The second-order valence-electron chi connectivity index (χ2n) is 10.6. The van der Waals surface area contributed by atoms with Crippen LogP contribution < -0.4 is 0 Å². The summed E-state index contributed by atoms with van der Waals surface area (Å²) in [5, 5.41) is 40.0. The van der Waals surface area contributed by atoms with Crippen molar-refractivity contribution in [2.75, 3.05) is 0 Å². The van der Waals surface area contributed by atoms with Crippen LogP contribution in [0.2, 0.25) is 0 Å². The van der Waals surface area contributed by atoms with Gasteiger partial charge in [-0.25, -0.2) is 4.79 Å². The summed E-state index contributed by atoms with van der Waals surface area (Å²) < 4.78 is 5.90. The Labute approximate surface area is 216 Å². The smallest absolute Gasteiger partial charge is 0.328 e. The zero-order valence-corrected chi connectivity index (χ0v) is 21.4. The highest BCUT2D eigenvalue weighted by atomic mass is 16.6. The number of unbranched alkanes of at least 4 members (excludes halogenated alkanes) is 4. The average molecular weight is 522 g/mol. The first-order valence-corrected chi connectivity index (χ1v) is 13.3. The van der Waals surface area contributed by atoms with Gasteiger partial charge in [-0.1, -0.05) is 44.8 Å². The van der Waals surface area contributed by atoms with Gasteiger partial charge in [0.1, 0.15) is 12.1 Å². The lowest BCUT2D eigenvalue weighted by atomic mass is 9.56. The fraction of sp³-hybridized carbons (Fsp3) is 0.741. The number of carboxylic acid groups (broad SMARTS) is 2. The van der Waals surface area contributed by atoms with Crippen molar-refractivity contribution in [3.05, 3.63) is 12.2 Å². The predicted octanol–water partition coefficient (Wildman–Crippen LogP) is 2.83. The lowest BCUT2D eigenvalue weighted by Crippen LogP contribution is -2.64. The van der Waals surface area contributed by atoms with Gasteiger partial charge in [0, 0.05) is 36.3 Å². The molecule has 2 aliphatic heterocycles. The van der Waals surface area contributed by atoms with Gasteiger partial charge in [0.15, 0.2) is 11.6 Å². The molecule has 0 amide bonds. The van der Waals surface area contributed by atoms with Crippen LogP contribution in [0.15, 0.2) is 17.1 Å². The molecule has 1 spiro atoms. The molecule has 1 saturated carbocycles. The van der Waals surface area contributed by atoms with Gasteiger partial charge < -0.3 is 25.2 Å². The second-order valence-corrected chi connectivity index (χ2v) is 10.6. The van der Waals surface area contributed by atoms with E-state index in [9.17, 15) is 34.5 Å². The van der Waals surface area contributed by atoms with Crippen molar-refractivity contribution in [3.63, 3.8) is 0 Å². The maximum atomic E-state index is 13.0. The third-order valence-electron chi connectivity index (χ3n) is 7.99. The van der Waals surface area contributed by atoms with Crippen molar-refractivity contribution in [2.45, 2.75) is 114 Å². The summed E-state index contributed by atoms with van der Waals surface area (Å²) in [6, 6.07) is -1.02. The molecule has 1 aliphatic carbocycles. The number of aliphatic hydroxyl groups excluding tert-OH is 1. The quantitative estimate of drug-likeness (QED) is 0.187. The monoisotopic (exact) mass is 521 g/mol. The topological polar surface area (TPSA) is 171 Å². The van der Waals surface area contributed by atoms with Crippen LogP contribution in [0.1, 0.15) is 90.4 Å². The fourth-order valence-electron chi connectivity index (χ4n) is 6.08. The van der Waals surface area contributed by atoms with Gasteiger partial charge in [0.05, 0.1) is 12.5 Å². The second kappa shape index (κ2) is 12.4. The molecule has 1 unspecified atom stereocenters. The standard InChI is InChI=1S/C27H39NO9/c1-2-3-7-10-17-21(13-20(30)19(29)11-8-5-4-6-9-12-24(32)33)37-27(36)16-26(17)15-18(25(34)35)28-22(26)14-23(27)31/h3,7,17-19,21,29,36H,2,4-6,8-16H2,1H3,(H,32,33)(H,34,35)/t17-,18-,19-,21-,26?,27-/m0/s1. The molecule has 0 radical (unpaired) electrons. The molecule has 37 heavy (non-hydrogen) atoms. The number of carbonyl (C=O) groups is 4. The minimum absolute atomic E-state index is 0.0821. The van der Waals surface area contributed by atoms with Gasteiger partial charge in [-0.15, -0.1) is 0 Å². The number of carbonyl (C=O) groups excluding carboxylic acids is 2. The number of hydrogen-bond donors (Lipinski definition) is 4. The van der Waals surface area contributed by atoms with Crippen LogP contribution in [0.4, 0.5) is 0 Å². The summed E-state index contributed by atoms with van der Waals surface area (Å²) in [4.78, 5) is 52.5. The van der Waals surface area contributed by atoms with E-state index < -0.39 is 53.0 Å². The Kier molecular flexibility index (Phi) is 9.77. The molecule has 6 atom stereocenters. The van der Waals surface area contributed by atoms with E-state index in [0.717, 1.165) is 25.7 Å². The lowest BCUT2D eigenvalue weighted by molar-refractivity contribution is -0.278. The molecule has 4 N–H and O–H groups in total. The summed E-state index contributed by atoms with van der Waals surface area (Å²) in [7, 11) is 0. The Hall–Kier alpha value is -2.43. The molecule has 1 saturated heterocycles.